The minimum Gasteiger partial charge on any atom is -0.497 e. The van der Waals surface area contributed by atoms with Gasteiger partial charge in [-0.25, -0.2) is 9.37 Å². The zero-order chi connectivity index (χ0) is 33.2. The standard InChI is InChI=1S/C35H29FN4O5S2/c1-44-27-14-17-31(45-2)24(18-27)19-29(38-33(42)23-6-4-3-5-7-23)34(43)37-26-12-15-28(16-13-26)46-21-32(41)40-35-39-30(20-47-35)22-8-10-25(36)11-9-22/h3-20H,21H2,1-2H3,(H,37,43)(H,38,42)(H,39,40,41)/b29-19-. The number of methoxy groups -OCH3 is 2. The van der Waals surface area contributed by atoms with Gasteiger partial charge in [0.1, 0.15) is 23.0 Å². The first-order valence-corrected chi connectivity index (χ1v) is 16.0. The molecule has 5 rings (SSSR count). The highest BCUT2D eigenvalue weighted by atomic mass is 32.2. The Kier molecular flexibility index (Phi) is 11.0. The van der Waals surface area contributed by atoms with Crippen LogP contribution in [0.4, 0.5) is 15.2 Å². The molecule has 0 unspecified atom stereocenters. The van der Waals surface area contributed by atoms with Crippen LogP contribution < -0.4 is 25.4 Å². The van der Waals surface area contributed by atoms with E-state index in [0.29, 0.717) is 39.1 Å². The minimum absolute atomic E-state index is 0.00898. The third-order valence-electron chi connectivity index (χ3n) is 6.64. The lowest BCUT2D eigenvalue weighted by atomic mass is 10.1. The van der Waals surface area contributed by atoms with Gasteiger partial charge in [-0.2, -0.15) is 0 Å². The SMILES string of the molecule is COc1ccc(OC)c(/C=C(\NC(=O)c2ccccc2)C(=O)Nc2ccc(SCC(=O)Nc3nc(-c4ccc(F)cc4)cs3)cc2)c1. The molecule has 0 bridgehead atoms. The number of hydrogen-bond acceptors (Lipinski definition) is 8. The molecule has 9 nitrogen and oxygen atoms in total. The van der Waals surface area contributed by atoms with Gasteiger partial charge in [-0.1, -0.05) is 18.2 Å². The van der Waals surface area contributed by atoms with E-state index in [0.717, 1.165) is 10.5 Å². The molecule has 5 aromatic rings. The number of nitrogens with zero attached hydrogens (tertiary/aromatic N) is 1. The second kappa shape index (κ2) is 15.7. The maximum absolute atomic E-state index is 13.5. The maximum atomic E-state index is 13.5. The number of hydrogen-bond donors (Lipinski definition) is 3. The molecule has 4 aromatic carbocycles. The van der Waals surface area contributed by atoms with Crippen molar-refractivity contribution in [3.05, 3.63) is 125 Å². The van der Waals surface area contributed by atoms with E-state index >= 15 is 0 Å². The molecule has 12 heteroatoms. The van der Waals surface area contributed by atoms with Gasteiger partial charge in [-0.3, -0.25) is 14.4 Å². The average Bonchev–Trinajstić information content (AvgIpc) is 3.56. The molecule has 0 saturated heterocycles. The summed E-state index contributed by atoms with van der Waals surface area (Å²) in [4.78, 5) is 44.3. The Labute approximate surface area is 278 Å². The third kappa shape index (κ3) is 9.06. The number of rotatable bonds is 12. The Balaban J connectivity index is 1.23. The average molecular weight is 669 g/mol. The molecular weight excluding hydrogens is 640 g/mol. The summed E-state index contributed by atoms with van der Waals surface area (Å²) >= 11 is 2.60. The highest BCUT2D eigenvalue weighted by Gasteiger charge is 2.17. The van der Waals surface area contributed by atoms with Gasteiger partial charge in [0.25, 0.3) is 11.8 Å². The first-order valence-electron chi connectivity index (χ1n) is 14.2. The number of ether oxygens (including phenoxy) is 2. The molecule has 0 spiro atoms. The first-order chi connectivity index (χ1) is 22.8. The zero-order valence-corrected chi connectivity index (χ0v) is 26.9. The molecule has 0 aliphatic carbocycles. The molecule has 1 heterocycles. The van der Waals surface area contributed by atoms with Crippen LogP contribution in [0.15, 0.2) is 113 Å². The van der Waals surface area contributed by atoms with Gasteiger partial charge in [-0.05, 0) is 84.9 Å². The lowest BCUT2D eigenvalue weighted by Gasteiger charge is -2.13. The number of benzene rings is 4. The quantitative estimate of drug-likeness (QED) is 0.0958. The molecular formula is C35H29FN4O5S2. The summed E-state index contributed by atoms with van der Waals surface area (Å²) in [5, 5.41) is 10.6. The lowest BCUT2D eigenvalue weighted by Crippen LogP contribution is -2.30. The smallest absolute Gasteiger partial charge is 0.272 e. The van der Waals surface area contributed by atoms with Gasteiger partial charge < -0.3 is 25.4 Å². The van der Waals surface area contributed by atoms with Gasteiger partial charge in [0.05, 0.1) is 25.7 Å². The second-order valence-electron chi connectivity index (χ2n) is 9.85. The van der Waals surface area contributed by atoms with E-state index in [1.165, 1.54) is 55.5 Å². The van der Waals surface area contributed by atoms with E-state index in [1.807, 2.05) is 0 Å². The van der Waals surface area contributed by atoms with Crippen molar-refractivity contribution in [2.75, 3.05) is 30.6 Å². The number of anilines is 2. The second-order valence-corrected chi connectivity index (χ2v) is 11.8. The third-order valence-corrected chi connectivity index (χ3v) is 8.41. The van der Waals surface area contributed by atoms with Gasteiger partial charge in [-0.15, -0.1) is 23.1 Å². The maximum Gasteiger partial charge on any atom is 0.272 e. The minimum atomic E-state index is -0.553. The zero-order valence-electron chi connectivity index (χ0n) is 25.3. The molecule has 0 fully saturated rings. The summed E-state index contributed by atoms with van der Waals surface area (Å²) < 4.78 is 24.0. The summed E-state index contributed by atoms with van der Waals surface area (Å²) in [6.07, 6.45) is 1.52. The molecule has 1 aromatic heterocycles. The molecule has 238 valence electrons. The Morgan fingerprint density at radius 3 is 2.34 bits per heavy atom. The normalized spacial score (nSPS) is 11.0. The summed E-state index contributed by atoms with van der Waals surface area (Å²) in [6.45, 7) is 0. The summed E-state index contributed by atoms with van der Waals surface area (Å²) in [7, 11) is 3.04. The molecule has 0 aliphatic heterocycles. The summed E-state index contributed by atoms with van der Waals surface area (Å²) in [6, 6.07) is 26.6. The molecule has 3 N–H and O–H groups in total. The monoisotopic (exact) mass is 668 g/mol. The molecule has 0 radical (unpaired) electrons. The first kappa shape index (κ1) is 32.9. The van der Waals surface area contributed by atoms with Crippen LogP contribution in [-0.4, -0.2) is 42.7 Å². The van der Waals surface area contributed by atoms with Crippen molar-refractivity contribution >= 4 is 57.7 Å². The summed E-state index contributed by atoms with van der Waals surface area (Å²) in [5.74, 6) is -0.398. The topological polar surface area (TPSA) is 119 Å². The van der Waals surface area contributed by atoms with Gasteiger partial charge in [0, 0.05) is 32.7 Å². The fourth-order valence-corrected chi connectivity index (χ4v) is 5.71. The predicted octanol–water partition coefficient (Wildman–Crippen LogP) is 7.11. The lowest BCUT2D eigenvalue weighted by molar-refractivity contribution is -0.114. The van der Waals surface area contributed by atoms with Crippen LogP contribution in [0.5, 0.6) is 11.5 Å². The largest absolute Gasteiger partial charge is 0.497 e. The van der Waals surface area contributed by atoms with Crippen molar-refractivity contribution in [3.8, 4) is 22.8 Å². The van der Waals surface area contributed by atoms with Crippen LogP contribution in [-0.2, 0) is 9.59 Å². The number of amides is 3. The van der Waals surface area contributed by atoms with Crippen molar-refractivity contribution in [2.24, 2.45) is 0 Å². The van der Waals surface area contributed by atoms with Crippen molar-refractivity contribution < 1.29 is 28.2 Å². The fraction of sp³-hybridized carbons (Fsp3) is 0.0857. The van der Waals surface area contributed by atoms with Crippen molar-refractivity contribution in [3.63, 3.8) is 0 Å². The molecule has 0 saturated carbocycles. The molecule has 47 heavy (non-hydrogen) atoms. The number of thioether (sulfide) groups is 1. The van der Waals surface area contributed by atoms with Crippen LogP contribution in [0.1, 0.15) is 15.9 Å². The number of carbonyl (C=O) groups is 3. The van der Waals surface area contributed by atoms with E-state index in [2.05, 4.69) is 20.9 Å². The summed E-state index contributed by atoms with van der Waals surface area (Å²) in [5.41, 5.74) is 2.79. The molecule has 3 amide bonds. The number of nitrogens with one attached hydrogen (secondary N) is 3. The molecule has 0 atom stereocenters. The number of aromatic nitrogens is 1. The number of thiazole rings is 1. The fourth-order valence-electron chi connectivity index (χ4n) is 4.27. The van der Waals surface area contributed by atoms with Crippen LogP contribution >= 0.6 is 23.1 Å². The van der Waals surface area contributed by atoms with E-state index in [1.54, 1.807) is 90.3 Å². The number of carbonyl (C=O) groups excluding carboxylic acids is 3. The van der Waals surface area contributed by atoms with Crippen LogP contribution in [0, 0.1) is 5.82 Å². The Bertz CT molecular complexity index is 1900. The van der Waals surface area contributed by atoms with Crippen molar-refractivity contribution in [1.29, 1.82) is 0 Å². The van der Waals surface area contributed by atoms with E-state index < -0.39 is 11.8 Å². The highest BCUT2D eigenvalue weighted by Crippen LogP contribution is 2.28. The molecule has 0 aliphatic rings. The van der Waals surface area contributed by atoms with Gasteiger partial charge in [0.15, 0.2) is 5.13 Å². The van der Waals surface area contributed by atoms with E-state index in [9.17, 15) is 18.8 Å². The van der Waals surface area contributed by atoms with E-state index in [-0.39, 0.29) is 23.2 Å². The Hall–Kier alpha value is -5.46. The van der Waals surface area contributed by atoms with Crippen molar-refractivity contribution in [2.45, 2.75) is 4.90 Å². The van der Waals surface area contributed by atoms with Crippen LogP contribution in [0.25, 0.3) is 17.3 Å². The van der Waals surface area contributed by atoms with Crippen LogP contribution in [0.3, 0.4) is 0 Å². The van der Waals surface area contributed by atoms with Crippen molar-refractivity contribution in [1.82, 2.24) is 10.3 Å². The highest BCUT2D eigenvalue weighted by molar-refractivity contribution is 8.00. The van der Waals surface area contributed by atoms with Gasteiger partial charge in [0.2, 0.25) is 5.91 Å². The predicted molar refractivity (Wildman–Crippen MR) is 183 cm³/mol. The number of halogens is 1. The van der Waals surface area contributed by atoms with Gasteiger partial charge >= 0.3 is 0 Å². The van der Waals surface area contributed by atoms with Crippen LogP contribution in [0.2, 0.25) is 0 Å². The van der Waals surface area contributed by atoms with E-state index in [4.69, 9.17) is 9.47 Å². The Morgan fingerprint density at radius 1 is 0.894 bits per heavy atom. The Morgan fingerprint density at radius 2 is 1.64 bits per heavy atom.